The van der Waals surface area contributed by atoms with Crippen molar-refractivity contribution in [3.05, 3.63) is 34.3 Å². The SMILES string of the molecule is CC(N)CC(CC(C)N)c1cccc(Br)c1.Cl.Cl. The van der Waals surface area contributed by atoms with Gasteiger partial charge in [0.25, 0.3) is 0 Å². The molecule has 0 radical (unpaired) electrons. The van der Waals surface area contributed by atoms with Gasteiger partial charge in [0.1, 0.15) is 0 Å². The van der Waals surface area contributed by atoms with Gasteiger partial charge in [0.2, 0.25) is 0 Å². The minimum Gasteiger partial charge on any atom is -0.328 e. The summed E-state index contributed by atoms with van der Waals surface area (Å²) in [5, 5.41) is 0. The van der Waals surface area contributed by atoms with Crippen LogP contribution >= 0.6 is 40.7 Å². The van der Waals surface area contributed by atoms with Crippen LogP contribution in [0.25, 0.3) is 0 Å². The van der Waals surface area contributed by atoms with Crippen molar-refractivity contribution in [3.63, 3.8) is 0 Å². The second kappa shape index (κ2) is 10.0. The molecule has 2 atom stereocenters. The Morgan fingerprint density at radius 2 is 1.56 bits per heavy atom. The van der Waals surface area contributed by atoms with E-state index in [1.54, 1.807) is 0 Å². The maximum atomic E-state index is 5.89. The molecule has 2 unspecified atom stereocenters. The van der Waals surface area contributed by atoms with E-state index >= 15 is 0 Å². The maximum Gasteiger partial charge on any atom is 0.0178 e. The number of benzene rings is 1. The predicted octanol–water partition coefficient (Wildman–Crippen LogP) is 3.85. The molecule has 18 heavy (non-hydrogen) atoms. The fraction of sp³-hybridized carbons (Fsp3) is 0.538. The molecule has 4 N–H and O–H groups in total. The third-order valence-corrected chi connectivity index (χ3v) is 3.13. The Labute approximate surface area is 131 Å². The summed E-state index contributed by atoms with van der Waals surface area (Å²) in [7, 11) is 0. The lowest BCUT2D eigenvalue weighted by Gasteiger charge is -2.21. The molecular formula is C13H23BrCl2N2. The van der Waals surface area contributed by atoms with Crippen LogP contribution in [-0.2, 0) is 0 Å². The number of rotatable bonds is 5. The monoisotopic (exact) mass is 356 g/mol. The summed E-state index contributed by atoms with van der Waals surface area (Å²) in [5.74, 6) is 0.456. The van der Waals surface area contributed by atoms with Gasteiger partial charge in [-0.2, -0.15) is 0 Å². The van der Waals surface area contributed by atoms with E-state index in [9.17, 15) is 0 Å². The van der Waals surface area contributed by atoms with Crippen molar-refractivity contribution in [2.45, 2.75) is 44.7 Å². The summed E-state index contributed by atoms with van der Waals surface area (Å²) < 4.78 is 1.12. The van der Waals surface area contributed by atoms with E-state index in [4.69, 9.17) is 11.5 Å². The summed E-state index contributed by atoms with van der Waals surface area (Å²) in [5.41, 5.74) is 13.1. The molecule has 0 heterocycles. The topological polar surface area (TPSA) is 52.0 Å². The third kappa shape index (κ3) is 7.59. The lowest BCUT2D eigenvalue weighted by atomic mass is 9.88. The molecule has 0 saturated carbocycles. The Morgan fingerprint density at radius 3 is 1.94 bits per heavy atom. The fourth-order valence-electron chi connectivity index (χ4n) is 2.03. The van der Waals surface area contributed by atoms with Crippen molar-refractivity contribution in [1.82, 2.24) is 0 Å². The Balaban J connectivity index is 0. The van der Waals surface area contributed by atoms with E-state index < -0.39 is 0 Å². The van der Waals surface area contributed by atoms with Gasteiger partial charge in [0.15, 0.2) is 0 Å². The summed E-state index contributed by atoms with van der Waals surface area (Å²) in [6.45, 7) is 4.10. The van der Waals surface area contributed by atoms with Crippen molar-refractivity contribution in [2.24, 2.45) is 11.5 Å². The lowest BCUT2D eigenvalue weighted by Crippen LogP contribution is -2.24. The molecule has 1 aromatic carbocycles. The zero-order chi connectivity index (χ0) is 12.1. The molecule has 5 heteroatoms. The highest BCUT2D eigenvalue weighted by molar-refractivity contribution is 9.10. The molecule has 0 bridgehead atoms. The van der Waals surface area contributed by atoms with Crippen LogP contribution < -0.4 is 11.5 Å². The molecule has 1 aromatic rings. The Morgan fingerprint density at radius 1 is 1.06 bits per heavy atom. The molecule has 0 fully saturated rings. The van der Waals surface area contributed by atoms with E-state index in [0.29, 0.717) is 5.92 Å². The highest BCUT2D eigenvalue weighted by Gasteiger charge is 2.15. The molecule has 0 aliphatic heterocycles. The van der Waals surface area contributed by atoms with Crippen molar-refractivity contribution in [1.29, 1.82) is 0 Å². The molecule has 106 valence electrons. The van der Waals surface area contributed by atoms with Gasteiger partial charge >= 0.3 is 0 Å². The summed E-state index contributed by atoms with van der Waals surface area (Å²) >= 11 is 3.50. The van der Waals surface area contributed by atoms with E-state index in [2.05, 4.69) is 34.1 Å². The molecule has 1 rings (SSSR count). The quantitative estimate of drug-likeness (QED) is 0.840. The van der Waals surface area contributed by atoms with Crippen LogP contribution in [0.4, 0.5) is 0 Å². The Hall–Kier alpha value is 0.200. The van der Waals surface area contributed by atoms with Crippen LogP contribution in [0.3, 0.4) is 0 Å². The van der Waals surface area contributed by atoms with Crippen LogP contribution in [0.15, 0.2) is 28.7 Å². The van der Waals surface area contributed by atoms with Gasteiger partial charge in [0, 0.05) is 16.6 Å². The van der Waals surface area contributed by atoms with E-state index in [0.717, 1.165) is 17.3 Å². The Kier molecular flexibility index (Phi) is 11.4. The zero-order valence-electron chi connectivity index (χ0n) is 10.8. The molecule has 0 aliphatic carbocycles. The van der Waals surface area contributed by atoms with Crippen LogP contribution in [0.5, 0.6) is 0 Å². The average molecular weight is 358 g/mol. The van der Waals surface area contributed by atoms with Crippen LogP contribution in [0.2, 0.25) is 0 Å². The minimum absolute atomic E-state index is 0. The molecule has 0 saturated heterocycles. The van der Waals surface area contributed by atoms with E-state index in [1.165, 1.54) is 5.56 Å². The lowest BCUT2D eigenvalue weighted by molar-refractivity contribution is 0.486. The smallest absolute Gasteiger partial charge is 0.0178 e. The van der Waals surface area contributed by atoms with Crippen molar-refractivity contribution < 1.29 is 0 Å². The molecule has 0 amide bonds. The highest BCUT2D eigenvalue weighted by Crippen LogP contribution is 2.27. The molecule has 2 nitrogen and oxygen atoms in total. The maximum absolute atomic E-state index is 5.89. The van der Waals surface area contributed by atoms with Crippen molar-refractivity contribution in [3.8, 4) is 0 Å². The summed E-state index contributed by atoms with van der Waals surface area (Å²) in [4.78, 5) is 0. The van der Waals surface area contributed by atoms with E-state index in [1.807, 2.05) is 19.9 Å². The van der Waals surface area contributed by atoms with Gasteiger partial charge < -0.3 is 11.5 Å². The van der Waals surface area contributed by atoms with Gasteiger partial charge in [-0.05, 0) is 50.3 Å². The first-order chi connectivity index (χ1) is 7.49. The van der Waals surface area contributed by atoms with Gasteiger partial charge in [-0.1, -0.05) is 28.1 Å². The number of hydrogen-bond acceptors (Lipinski definition) is 2. The minimum atomic E-state index is 0. The average Bonchev–Trinajstić information content (AvgIpc) is 2.15. The summed E-state index contributed by atoms with van der Waals surface area (Å²) in [6, 6.07) is 8.84. The fourth-order valence-corrected chi connectivity index (χ4v) is 2.44. The van der Waals surface area contributed by atoms with Crippen LogP contribution in [0.1, 0.15) is 38.2 Å². The summed E-state index contributed by atoms with van der Waals surface area (Å²) in [6.07, 6.45) is 1.97. The van der Waals surface area contributed by atoms with Gasteiger partial charge in [-0.3, -0.25) is 0 Å². The number of hydrogen-bond donors (Lipinski definition) is 2. The normalized spacial score (nSPS) is 14.9. The second-order valence-corrected chi connectivity index (χ2v) is 5.59. The van der Waals surface area contributed by atoms with E-state index in [-0.39, 0.29) is 36.9 Å². The van der Waals surface area contributed by atoms with Gasteiger partial charge in [0.05, 0.1) is 0 Å². The first kappa shape index (κ1) is 20.5. The zero-order valence-corrected chi connectivity index (χ0v) is 14.0. The van der Waals surface area contributed by atoms with Crippen LogP contribution in [-0.4, -0.2) is 12.1 Å². The first-order valence-electron chi connectivity index (χ1n) is 5.75. The van der Waals surface area contributed by atoms with Crippen molar-refractivity contribution in [2.75, 3.05) is 0 Å². The molecule has 0 aromatic heterocycles. The third-order valence-electron chi connectivity index (χ3n) is 2.63. The van der Waals surface area contributed by atoms with Crippen molar-refractivity contribution >= 4 is 40.7 Å². The molecule has 0 spiro atoms. The predicted molar refractivity (Wildman–Crippen MR) is 87.9 cm³/mol. The largest absolute Gasteiger partial charge is 0.328 e. The second-order valence-electron chi connectivity index (χ2n) is 4.68. The molecular weight excluding hydrogens is 335 g/mol. The number of nitrogens with two attached hydrogens (primary N) is 2. The number of halogens is 3. The Bertz CT molecular complexity index is 323. The first-order valence-corrected chi connectivity index (χ1v) is 6.55. The van der Waals surface area contributed by atoms with Crippen LogP contribution in [0, 0.1) is 0 Å². The van der Waals surface area contributed by atoms with Gasteiger partial charge in [-0.25, -0.2) is 0 Å². The van der Waals surface area contributed by atoms with Gasteiger partial charge in [-0.15, -0.1) is 24.8 Å². The highest BCUT2D eigenvalue weighted by atomic mass is 79.9. The standard InChI is InChI=1S/C13H21BrN2.2ClH/c1-9(15)6-12(7-10(2)16)11-4-3-5-13(14)8-11;;/h3-5,8-10,12H,6-7,15-16H2,1-2H3;2*1H. The molecule has 0 aliphatic rings.